The second-order valence-electron chi connectivity index (χ2n) is 7.66. The van der Waals surface area contributed by atoms with Crippen molar-refractivity contribution < 1.29 is 9.18 Å². The van der Waals surface area contributed by atoms with Crippen molar-refractivity contribution in [3.8, 4) is 0 Å². The molecule has 2 aromatic carbocycles. The Morgan fingerprint density at radius 2 is 1.81 bits per heavy atom. The van der Waals surface area contributed by atoms with E-state index in [1.54, 1.807) is 12.1 Å². The fourth-order valence-electron chi connectivity index (χ4n) is 3.67. The summed E-state index contributed by atoms with van der Waals surface area (Å²) in [6, 6.07) is 16.9. The van der Waals surface area contributed by atoms with Gasteiger partial charge in [0.2, 0.25) is 11.0 Å². The van der Waals surface area contributed by atoms with Gasteiger partial charge >= 0.3 is 0 Å². The number of thioether (sulfide) groups is 1. The van der Waals surface area contributed by atoms with E-state index in [2.05, 4.69) is 39.8 Å². The second-order valence-corrected chi connectivity index (χ2v) is 9.86. The van der Waals surface area contributed by atoms with Crippen molar-refractivity contribution >= 4 is 34.1 Å². The molecule has 1 N–H and O–H groups in total. The molecule has 0 atom stereocenters. The van der Waals surface area contributed by atoms with Gasteiger partial charge in [-0.1, -0.05) is 65.6 Å². The van der Waals surface area contributed by atoms with Crippen molar-refractivity contribution in [2.75, 3.05) is 24.2 Å². The molecule has 5 nitrogen and oxygen atoms in total. The van der Waals surface area contributed by atoms with Crippen LogP contribution in [0.4, 0.5) is 9.52 Å². The number of nitrogens with zero attached hydrogens (tertiary/aromatic N) is 3. The molecule has 0 unspecified atom stereocenters. The molecule has 1 aliphatic heterocycles. The predicted molar refractivity (Wildman–Crippen MR) is 124 cm³/mol. The summed E-state index contributed by atoms with van der Waals surface area (Å²) >= 11 is 2.86. The van der Waals surface area contributed by atoms with Crippen molar-refractivity contribution in [1.29, 1.82) is 0 Å². The Morgan fingerprint density at radius 3 is 2.55 bits per heavy atom. The molecule has 0 saturated carbocycles. The van der Waals surface area contributed by atoms with E-state index < -0.39 is 0 Å². The highest BCUT2D eigenvalue weighted by Gasteiger charge is 2.23. The molecule has 162 valence electrons. The number of halogens is 1. The Bertz CT molecular complexity index is 973. The van der Waals surface area contributed by atoms with E-state index in [1.165, 1.54) is 40.8 Å². The van der Waals surface area contributed by atoms with E-state index in [9.17, 15) is 9.18 Å². The molecule has 3 aromatic rings. The molecule has 1 aliphatic rings. The Labute approximate surface area is 190 Å². The zero-order valence-electron chi connectivity index (χ0n) is 17.2. The van der Waals surface area contributed by atoms with Gasteiger partial charge in [0.1, 0.15) is 5.82 Å². The van der Waals surface area contributed by atoms with E-state index >= 15 is 0 Å². The van der Waals surface area contributed by atoms with Crippen LogP contribution in [0.15, 0.2) is 58.9 Å². The topological polar surface area (TPSA) is 58.1 Å². The maximum atomic E-state index is 13.0. The standard InChI is InChI=1S/C23H25FN4OS2/c24-20-8-6-19(7-9-20)15-25-22-26-27-23(31-22)30-16-21(29)28-12-10-18(11-13-28)14-17-4-2-1-3-5-17/h1-9,18H,10-16H2,(H,25,26). The Kier molecular flexibility index (Phi) is 7.53. The number of carbonyl (C=O) groups is 1. The lowest BCUT2D eigenvalue weighted by Crippen LogP contribution is -2.39. The van der Waals surface area contributed by atoms with Crippen LogP contribution in [0.3, 0.4) is 0 Å². The smallest absolute Gasteiger partial charge is 0.233 e. The summed E-state index contributed by atoms with van der Waals surface area (Å²) in [5.74, 6) is 0.954. The van der Waals surface area contributed by atoms with E-state index in [0.29, 0.717) is 23.3 Å². The number of piperidine rings is 1. The first-order chi connectivity index (χ1) is 15.2. The van der Waals surface area contributed by atoms with Gasteiger partial charge in [0.05, 0.1) is 5.75 Å². The third-order valence-corrected chi connectivity index (χ3v) is 7.42. The van der Waals surface area contributed by atoms with Crippen LogP contribution in [0.25, 0.3) is 0 Å². The van der Waals surface area contributed by atoms with Crippen molar-refractivity contribution in [1.82, 2.24) is 15.1 Å². The number of rotatable bonds is 8. The molecular weight excluding hydrogens is 431 g/mol. The van der Waals surface area contributed by atoms with Gasteiger partial charge in [0, 0.05) is 19.6 Å². The summed E-state index contributed by atoms with van der Waals surface area (Å²) in [6.07, 6.45) is 3.21. The molecule has 1 saturated heterocycles. The molecular formula is C23H25FN4OS2. The molecule has 1 fully saturated rings. The minimum atomic E-state index is -0.247. The van der Waals surface area contributed by atoms with Gasteiger partial charge in [-0.15, -0.1) is 10.2 Å². The number of anilines is 1. The molecule has 0 spiro atoms. The number of hydrogen-bond acceptors (Lipinski definition) is 6. The third-order valence-electron chi connectivity index (χ3n) is 5.42. The lowest BCUT2D eigenvalue weighted by atomic mass is 9.90. The maximum Gasteiger partial charge on any atom is 0.233 e. The summed E-state index contributed by atoms with van der Waals surface area (Å²) < 4.78 is 13.7. The molecule has 1 aromatic heterocycles. The van der Waals surface area contributed by atoms with Crippen LogP contribution in [0, 0.1) is 11.7 Å². The van der Waals surface area contributed by atoms with Gasteiger partial charge in [-0.3, -0.25) is 4.79 Å². The van der Waals surface area contributed by atoms with E-state index in [4.69, 9.17) is 0 Å². The predicted octanol–water partition coefficient (Wildman–Crippen LogP) is 4.86. The summed E-state index contributed by atoms with van der Waals surface area (Å²) in [5.41, 5.74) is 2.35. The largest absolute Gasteiger partial charge is 0.356 e. The number of benzene rings is 2. The van der Waals surface area contributed by atoms with Gasteiger partial charge in [-0.25, -0.2) is 4.39 Å². The minimum absolute atomic E-state index is 0.166. The van der Waals surface area contributed by atoms with Gasteiger partial charge in [0.15, 0.2) is 4.34 Å². The molecule has 31 heavy (non-hydrogen) atoms. The Morgan fingerprint density at radius 1 is 1.06 bits per heavy atom. The van der Waals surface area contributed by atoms with Gasteiger partial charge in [-0.2, -0.15) is 0 Å². The van der Waals surface area contributed by atoms with Gasteiger partial charge < -0.3 is 10.2 Å². The molecule has 8 heteroatoms. The molecule has 1 amide bonds. The van der Waals surface area contributed by atoms with Gasteiger partial charge in [0.25, 0.3) is 0 Å². The highest BCUT2D eigenvalue weighted by atomic mass is 32.2. The quantitative estimate of drug-likeness (QED) is 0.491. The first-order valence-corrected chi connectivity index (χ1v) is 12.2. The van der Waals surface area contributed by atoms with Crippen LogP contribution >= 0.6 is 23.1 Å². The van der Waals surface area contributed by atoms with Crippen molar-refractivity contribution in [2.24, 2.45) is 5.92 Å². The highest BCUT2D eigenvalue weighted by Crippen LogP contribution is 2.27. The number of aromatic nitrogens is 2. The summed E-state index contributed by atoms with van der Waals surface area (Å²) in [7, 11) is 0. The van der Waals surface area contributed by atoms with Crippen LogP contribution in [0.5, 0.6) is 0 Å². The van der Waals surface area contributed by atoms with Crippen molar-refractivity contribution in [3.05, 3.63) is 71.5 Å². The van der Waals surface area contributed by atoms with Crippen LogP contribution in [0.2, 0.25) is 0 Å². The molecule has 0 aliphatic carbocycles. The van der Waals surface area contributed by atoms with Gasteiger partial charge in [-0.05, 0) is 48.4 Å². The zero-order chi connectivity index (χ0) is 21.5. The van der Waals surface area contributed by atoms with Crippen LogP contribution in [-0.2, 0) is 17.8 Å². The highest BCUT2D eigenvalue weighted by molar-refractivity contribution is 8.01. The zero-order valence-corrected chi connectivity index (χ0v) is 18.8. The number of amides is 1. The monoisotopic (exact) mass is 456 g/mol. The fraction of sp³-hybridized carbons (Fsp3) is 0.348. The Hall–Kier alpha value is -2.45. The molecule has 0 bridgehead atoms. The minimum Gasteiger partial charge on any atom is -0.356 e. The lowest BCUT2D eigenvalue weighted by Gasteiger charge is -2.32. The average molecular weight is 457 g/mol. The average Bonchev–Trinajstić information content (AvgIpc) is 3.26. The normalized spacial score (nSPS) is 14.5. The van der Waals surface area contributed by atoms with E-state index in [-0.39, 0.29) is 11.7 Å². The van der Waals surface area contributed by atoms with Crippen molar-refractivity contribution in [3.63, 3.8) is 0 Å². The number of likely N-dealkylation sites (tertiary alicyclic amines) is 1. The van der Waals surface area contributed by atoms with Crippen LogP contribution in [0.1, 0.15) is 24.0 Å². The summed E-state index contributed by atoms with van der Waals surface area (Å²) in [5, 5.41) is 12.2. The first kappa shape index (κ1) is 21.8. The van der Waals surface area contributed by atoms with E-state index in [0.717, 1.165) is 42.3 Å². The van der Waals surface area contributed by atoms with Crippen LogP contribution in [-0.4, -0.2) is 39.8 Å². The molecule has 2 heterocycles. The van der Waals surface area contributed by atoms with E-state index in [1.807, 2.05) is 11.0 Å². The summed E-state index contributed by atoms with van der Waals surface area (Å²) in [4.78, 5) is 14.6. The Balaban J connectivity index is 1.17. The molecule has 0 radical (unpaired) electrons. The number of carbonyl (C=O) groups excluding carboxylic acids is 1. The third kappa shape index (κ3) is 6.51. The molecule has 4 rings (SSSR count). The number of hydrogen-bond donors (Lipinski definition) is 1. The van der Waals surface area contributed by atoms with Crippen LogP contribution < -0.4 is 5.32 Å². The SMILES string of the molecule is O=C(CSc1nnc(NCc2ccc(F)cc2)s1)N1CCC(Cc2ccccc2)CC1. The summed E-state index contributed by atoms with van der Waals surface area (Å²) in [6.45, 7) is 2.21. The van der Waals surface area contributed by atoms with Crippen molar-refractivity contribution in [2.45, 2.75) is 30.1 Å². The first-order valence-electron chi connectivity index (χ1n) is 10.4. The maximum absolute atomic E-state index is 13.0. The second kappa shape index (κ2) is 10.7. The lowest BCUT2D eigenvalue weighted by molar-refractivity contribution is -0.129. The fourth-order valence-corrected chi connectivity index (χ4v) is 5.32. The number of nitrogens with one attached hydrogen (secondary N) is 1.